The first-order chi connectivity index (χ1) is 8.33. The van der Waals surface area contributed by atoms with Gasteiger partial charge in [0, 0.05) is 37.2 Å². The second-order valence-electron chi connectivity index (χ2n) is 4.32. The molecule has 1 aromatic carbocycles. The molecule has 0 bridgehead atoms. The minimum atomic E-state index is 0. The number of fused-ring (bicyclic) bond motifs is 1. The lowest BCUT2D eigenvalue weighted by atomic mass is 10.2. The molecule has 0 spiro atoms. The van der Waals surface area contributed by atoms with E-state index in [4.69, 9.17) is 9.47 Å². The van der Waals surface area contributed by atoms with E-state index in [0.29, 0.717) is 6.79 Å². The second kappa shape index (κ2) is 6.10. The molecule has 1 saturated heterocycles. The van der Waals surface area contributed by atoms with Crippen LogP contribution in [0.3, 0.4) is 0 Å². The normalized spacial score (nSPS) is 18.5. The number of ether oxygens (including phenoxy) is 2. The zero-order valence-electron chi connectivity index (χ0n) is 9.95. The fourth-order valence-corrected chi connectivity index (χ4v) is 2.64. The maximum absolute atomic E-state index is 5.41. The van der Waals surface area contributed by atoms with Crippen LogP contribution in [0, 0.1) is 0 Å². The van der Waals surface area contributed by atoms with Crippen molar-refractivity contribution < 1.29 is 9.47 Å². The highest BCUT2D eigenvalue weighted by molar-refractivity contribution is 9.10. The number of nitrogens with one attached hydrogen (secondary N) is 1. The number of halogens is 2. The zero-order chi connectivity index (χ0) is 11.7. The Morgan fingerprint density at radius 3 is 2.56 bits per heavy atom. The number of benzene rings is 1. The van der Waals surface area contributed by atoms with Gasteiger partial charge in [0.25, 0.3) is 0 Å². The largest absolute Gasteiger partial charge is 0.454 e. The number of hydrogen-bond donors (Lipinski definition) is 1. The monoisotopic (exact) mass is 334 g/mol. The highest BCUT2D eigenvalue weighted by Gasteiger charge is 2.18. The third-order valence-corrected chi connectivity index (χ3v) is 3.88. The Labute approximate surface area is 121 Å². The van der Waals surface area contributed by atoms with E-state index in [2.05, 4.69) is 32.2 Å². The molecule has 1 fully saturated rings. The van der Waals surface area contributed by atoms with E-state index in [-0.39, 0.29) is 12.4 Å². The van der Waals surface area contributed by atoms with Crippen LogP contribution in [0.5, 0.6) is 11.5 Å². The number of nitrogens with zero attached hydrogens (tertiary/aromatic N) is 1. The molecule has 0 saturated carbocycles. The summed E-state index contributed by atoms with van der Waals surface area (Å²) in [5.74, 6) is 1.69. The van der Waals surface area contributed by atoms with Gasteiger partial charge >= 0.3 is 0 Å². The molecule has 18 heavy (non-hydrogen) atoms. The molecule has 1 N–H and O–H groups in total. The molecule has 1 aromatic rings. The minimum Gasteiger partial charge on any atom is -0.454 e. The average molecular weight is 336 g/mol. The first kappa shape index (κ1) is 13.9. The minimum absolute atomic E-state index is 0. The van der Waals surface area contributed by atoms with Crippen LogP contribution in [-0.2, 0) is 6.54 Å². The molecule has 2 aliphatic heterocycles. The number of piperazine rings is 1. The molecule has 0 aliphatic carbocycles. The first-order valence-electron chi connectivity index (χ1n) is 5.84. The molecular formula is C12H16BrClN2O2. The summed E-state index contributed by atoms with van der Waals surface area (Å²) in [7, 11) is 0. The Morgan fingerprint density at radius 2 is 1.83 bits per heavy atom. The van der Waals surface area contributed by atoms with Crippen LogP contribution in [0.2, 0.25) is 0 Å². The van der Waals surface area contributed by atoms with Crippen LogP contribution in [-0.4, -0.2) is 37.9 Å². The van der Waals surface area contributed by atoms with Crippen molar-refractivity contribution in [1.82, 2.24) is 10.2 Å². The summed E-state index contributed by atoms with van der Waals surface area (Å²) in [6.45, 7) is 5.63. The Morgan fingerprint density at radius 1 is 1.17 bits per heavy atom. The van der Waals surface area contributed by atoms with Crippen LogP contribution in [0.25, 0.3) is 0 Å². The number of rotatable bonds is 2. The topological polar surface area (TPSA) is 33.7 Å². The molecule has 4 nitrogen and oxygen atoms in total. The third kappa shape index (κ3) is 2.91. The molecule has 0 atom stereocenters. The van der Waals surface area contributed by atoms with Gasteiger partial charge in [-0.15, -0.1) is 12.4 Å². The summed E-state index contributed by atoms with van der Waals surface area (Å²) >= 11 is 3.60. The molecule has 0 radical (unpaired) electrons. The van der Waals surface area contributed by atoms with Crippen molar-refractivity contribution in [2.45, 2.75) is 6.54 Å². The van der Waals surface area contributed by atoms with Crippen molar-refractivity contribution in [3.05, 3.63) is 22.2 Å². The Balaban J connectivity index is 0.00000120. The lowest BCUT2D eigenvalue weighted by Crippen LogP contribution is -2.42. The quantitative estimate of drug-likeness (QED) is 0.896. The van der Waals surface area contributed by atoms with Crippen molar-refractivity contribution in [2.75, 3.05) is 33.0 Å². The van der Waals surface area contributed by atoms with Gasteiger partial charge in [0.15, 0.2) is 11.5 Å². The van der Waals surface area contributed by atoms with E-state index in [9.17, 15) is 0 Å². The van der Waals surface area contributed by atoms with Crippen LogP contribution in [0.1, 0.15) is 5.56 Å². The van der Waals surface area contributed by atoms with Gasteiger partial charge in [0.2, 0.25) is 6.79 Å². The highest BCUT2D eigenvalue weighted by Crippen LogP contribution is 2.37. The van der Waals surface area contributed by atoms with Gasteiger partial charge in [0.05, 0.1) is 0 Å². The van der Waals surface area contributed by atoms with E-state index in [1.165, 1.54) is 5.56 Å². The molecule has 0 aromatic heterocycles. The van der Waals surface area contributed by atoms with E-state index in [0.717, 1.165) is 48.7 Å². The van der Waals surface area contributed by atoms with E-state index < -0.39 is 0 Å². The van der Waals surface area contributed by atoms with Crippen LogP contribution in [0.4, 0.5) is 0 Å². The fourth-order valence-electron chi connectivity index (χ4n) is 2.19. The zero-order valence-corrected chi connectivity index (χ0v) is 12.3. The molecule has 3 rings (SSSR count). The van der Waals surface area contributed by atoms with Gasteiger partial charge in [-0.3, -0.25) is 4.90 Å². The van der Waals surface area contributed by atoms with Gasteiger partial charge in [-0.1, -0.05) is 15.9 Å². The van der Waals surface area contributed by atoms with E-state index in [1.807, 2.05) is 6.07 Å². The fraction of sp³-hybridized carbons (Fsp3) is 0.500. The molecule has 0 amide bonds. The lowest BCUT2D eigenvalue weighted by Gasteiger charge is -2.27. The van der Waals surface area contributed by atoms with Crippen molar-refractivity contribution in [2.24, 2.45) is 0 Å². The predicted molar refractivity (Wildman–Crippen MR) is 75.7 cm³/mol. The van der Waals surface area contributed by atoms with E-state index in [1.54, 1.807) is 0 Å². The molecule has 0 unspecified atom stereocenters. The predicted octanol–water partition coefficient (Wildman–Crippen LogP) is 2.00. The maximum atomic E-state index is 5.41. The van der Waals surface area contributed by atoms with Crippen molar-refractivity contribution in [3.63, 3.8) is 0 Å². The number of hydrogen-bond acceptors (Lipinski definition) is 4. The van der Waals surface area contributed by atoms with Crippen molar-refractivity contribution in [3.8, 4) is 11.5 Å². The van der Waals surface area contributed by atoms with Crippen LogP contribution in [0.15, 0.2) is 16.6 Å². The third-order valence-electron chi connectivity index (χ3n) is 3.15. The Kier molecular flexibility index (Phi) is 4.72. The van der Waals surface area contributed by atoms with Crippen molar-refractivity contribution in [1.29, 1.82) is 0 Å². The summed E-state index contributed by atoms with van der Waals surface area (Å²) in [5, 5.41) is 3.36. The van der Waals surface area contributed by atoms with Gasteiger partial charge in [0.1, 0.15) is 0 Å². The summed E-state index contributed by atoms with van der Waals surface area (Å²) in [6, 6.07) is 4.08. The summed E-state index contributed by atoms with van der Waals surface area (Å²) in [5.41, 5.74) is 1.26. The van der Waals surface area contributed by atoms with Gasteiger partial charge in [-0.25, -0.2) is 0 Å². The molecule has 2 aliphatic rings. The molecular weight excluding hydrogens is 320 g/mol. The summed E-state index contributed by atoms with van der Waals surface area (Å²) in [6.07, 6.45) is 0. The smallest absolute Gasteiger partial charge is 0.231 e. The first-order valence-corrected chi connectivity index (χ1v) is 6.63. The summed E-state index contributed by atoms with van der Waals surface area (Å²) < 4.78 is 11.9. The Hall–Kier alpha value is -0.490. The highest BCUT2D eigenvalue weighted by atomic mass is 79.9. The van der Waals surface area contributed by atoms with Crippen molar-refractivity contribution >= 4 is 28.3 Å². The second-order valence-corrected chi connectivity index (χ2v) is 5.18. The van der Waals surface area contributed by atoms with Crippen LogP contribution < -0.4 is 14.8 Å². The lowest BCUT2D eigenvalue weighted by molar-refractivity contribution is 0.174. The van der Waals surface area contributed by atoms with Gasteiger partial charge in [-0.05, 0) is 17.7 Å². The van der Waals surface area contributed by atoms with Gasteiger partial charge in [-0.2, -0.15) is 0 Å². The average Bonchev–Trinajstić information content (AvgIpc) is 2.78. The molecule has 6 heteroatoms. The molecule has 2 heterocycles. The van der Waals surface area contributed by atoms with E-state index >= 15 is 0 Å². The maximum Gasteiger partial charge on any atom is 0.231 e. The summed E-state index contributed by atoms with van der Waals surface area (Å²) in [4.78, 5) is 2.44. The van der Waals surface area contributed by atoms with Gasteiger partial charge < -0.3 is 14.8 Å². The van der Waals surface area contributed by atoms with Crippen LogP contribution >= 0.6 is 28.3 Å². The Bertz CT molecular complexity index is 425. The molecule has 100 valence electrons. The standard InChI is InChI=1S/C12H15BrN2O2.ClH/c13-10-6-12-11(16-8-17-12)5-9(10)7-15-3-1-14-2-4-15;/h5-6,14H,1-4,7-8H2;1H. The SMILES string of the molecule is Brc1cc2c(cc1CN1CCNCC1)OCO2.Cl.